The molecule has 0 bridgehead atoms. The average molecular weight is 397 g/mol. The van der Waals surface area contributed by atoms with Crippen LogP contribution < -0.4 is 4.74 Å². The number of hydrogen-bond donors (Lipinski definition) is 0. The van der Waals surface area contributed by atoms with Gasteiger partial charge in [0.15, 0.2) is 11.6 Å². The van der Waals surface area contributed by atoms with Crippen LogP contribution in [0, 0.1) is 5.82 Å². The summed E-state index contributed by atoms with van der Waals surface area (Å²) in [5.74, 6) is -0.252. The van der Waals surface area contributed by atoms with Crippen LogP contribution in [0.2, 0.25) is 0 Å². The summed E-state index contributed by atoms with van der Waals surface area (Å²) < 4.78 is 50.5. The summed E-state index contributed by atoms with van der Waals surface area (Å²) in [6, 6.07) is 7.40. The second-order valence-electron chi connectivity index (χ2n) is 5.97. The van der Waals surface area contributed by atoms with Crippen LogP contribution in [-0.2, 0) is 17.9 Å². The molecule has 0 saturated carbocycles. The molecule has 5 nitrogen and oxygen atoms in total. The number of halogens is 3. The average Bonchev–Trinajstić information content (AvgIpc) is 3.23. The first-order valence-corrected chi connectivity index (χ1v) is 9.12. The number of rotatable bonds is 8. The van der Waals surface area contributed by atoms with E-state index in [9.17, 15) is 13.2 Å². The van der Waals surface area contributed by atoms with Gasteiger partial charge in [0.25, 0.3) is 0 Å². The summed E-state index contributed by atoms with van der Waals surface area (Å²) in [5, 5.41) is 6.35. The van der Waals surface area contributed by atoms with Crippen LogP contribution in [0.3, 0.4) is 0 Å². The first-order valence-electron chi connectivity index (χ1n) is 8.25. The number of thiophene rings is 1. The van der Waals surface area contributed by atoms with E-state index in [1.807, 2.05) is 31.4 Å². The molecule has 0 radical (unpaired) electrons. The lowest BCUT2D eigenvalue weighted by Gasteiger charge is -2.08. The van der Waals surface area contributed by atoms with Gasteiger partial charge in [0, 0.05) is 10.9 Å². The van der Waals surface area contributed by atoms with E-state index in [0.29, 0.717) is 18.2 Å². The Morgan fingerprint density at radius 3 is 2.67 bits per heavy atom. The molecule has 9 heteroatoms. The highest BCUT2D eigenvalue weighted by molar-refractivity contribution is 7.09. The molecule has 0 aliphatic rings. The maximum absolute atomic E-state index is 14.5. The molecule has 0 N–H and O–H groups in total. The third kappa shape index (κ3) is 5.08. The second-order valence-corrected chi connectivity index (χ2v) is 7.00. The SMILES string of the molecule is CC(C)OCc1nc(-c2ccc(OC(F)F)cc2F)n(Cc2cccs2)n1. The van der Waals surface area contributed by atoms with Crippen molar-refractivity contribution in [2.45, 2.75) is 39.7 Å². The topological polar surface area (TPSA) is 49.2 Å². The van der Waals surface area contributed by atoms with Crippen LogP contribution in [0.1, 0.15) is 24.5 Å². The van der Waals surface area contributed by atoms with Gasteiger partial charge >= 0.3 is 6.61 Å². The van der Waals surface area contributed by atoms with Gasteiger partial charge in [0.1, 0.15) is 18.2 Å². The molecule has 2 heterocycles. The molecule has 0 amide bonds. The van der Waals surface area contributed by atoms with Crippen molar-refractivity contribution in [2.75, 3.05) is 0 Å². The molecule has 3 rings (SSSR count). The number of aromatic nitrogens is 3. The summed E-state index contributed by atoms with van der Waals surface area (Å²) in [6.45, 7) is 1.38. The van der Waals surface area contributed by atoms with Crippen molar-refractivity contribution in [1.29, 1.82) is 0 Å². The molecule has 27 heavy (non-hydrogen) atoms. The van der Waals surface area contributed by atoms with Crippen molar-refractivity contribution >= 4 is 11.3 Å². The Hall–Kier alpha value is -2.39. The maximum Gasteiger partial charge on any atom is 0.387 e. The van der Waals surface area contributed by atoms with Crippen LogP contribution in [0.5, 0.6) is 5.75 Å². The van der Waals surface area contributed by atoms with Crippen molar-refractivity contribution in [1.82, 2.24) is 14.8 Å². The largest absolute Gasteiger partial charge is 0.435 e. The Balaban J connectivity index is 1.94. The van der Waals surface area contributed by atoms with Gasteiger partial charge in [-0.2, -0.15) is 13.9 Å². The lowest BCUT2D eigenvalue weighted by atomic mass is 10.2. The summed E-state index contributed by atoms with van der Waals surface area (Å²) in [7, 11) is 0. The minimum Gasteiger partial charge on any atom is -0.435 e. The Morgan fingerprint density at radius 1 is 1.22 bits per heavy atom. The summed E-state index contributed by atoms with van der Waals surface area (Å²) in [5.41, 5.74) is 0.150. The van der Waals surface area contributed by atoms with E-state index in [2.05, 4.69) is 14.8 Å². The Labute approximate surface area is 158 Å². The van der Waals surface area contributed by atoms with E-state index in [1.165, 1.54) is 12.1 Å². The molecule has 0 atom stereocenters. The van der Waals surface area contributed by atoms with E-state index in [-0.39, 0.29) is 24.0 Å². The van der Waals surface area contributed by atoms with Gasteiger partial charge in [-0.15, -0.1) is 11.3 Å². The van der Waals surface area contributed by atoms with Crippen LogP contribution in [-0.4, -0.2) is 27.5 Å². The maximum atomic E-state index is 14.5. The highest BCUT2D eigenvalue weighted by Crippen LogP contribution is 2.27. The predicted octanol–water partition coefficient (Wildman–Crippen LogP) is 4.72. The van der Waals surface area contributed by atoms with E-state index in [4.69, 9.17) is 4.74 Å². The lowest BCUT2D eigenvalue weighted by Crippen LogP contribution is -2.06. The molecular formula is C18H18F3N3O2S. The molecule has 3 aromatic rings. The van der Waals surface area contributed by atoms with Crippen molar-refractivity contribution in [3.8, 4) is 17.1 Å². The van der Waals surface area contributed by atoms with Gasteiger partial charge in [-0.1, -0.05) is 6.07 Å². The molecule has 0 aliphatic carbocycles. The van der Waals surface area contributed by atoms with E-state index < -0.39 is 12.4 Å². The summed E-state index contributed by atoms with van der Waals surface area (Å²) in [6.07, 6.45) is 0.000196. The number of ether oxygens (including phenoxy) is 2. The third-order valence-electron chi connectivity index (χ3n) is 3.55. The van der Waals surface area contributed by atoms with Crippen LogP contribution >= 0.6 is 11.3 Å². The Kier molecular flexibility index (Phi) is 6.12. The molecule has 0 fully saturated rings. The van der Waals surface area contributed by atoms with Crippen molar-refractivity contribution < 1.29 is 22.6 Å². The number of benzene rings is 1. The molecular weight excluding hydrogens is 379 g/mol. The molecule has 0 unspecified atom stereocenters. The number of nitrogens with zero attached hydrogens (tertiary/aromatic N) is 3. The van der Waals surface area contributed by atoms with Gasteiger partial charge in [0.05, 0.1) is 18.2 Å². The minimum atomic E-state index is -3.02. The molecule has 0 spiro atoms. The fourth-order valence-electron chi connectivity index (χ4n) is 2.40. The van der Waals surface area contributed by atoms with Gasteiger partial charge in [0.2, 0.25) is 0 Å². The fourth-order valence-corrected chi connectivity index (χ4v) is 3.09. The highest BCUT2D eigenvalue weighted by atomic mass is 32.1. The van der Waals surface area contributed by atoms with Crippen LogP contribution in [0.25, 0.3) is 11.4 Å². The van der Waals surface area contributed by atoms with E-state index in [1.54, 1.807) is 16.0 Å². The first-order chi connectivity index (χ1) is 12.9. The normalized spacial score (nSPS) is 11.5. The number of hydrogen-bond acceptors (Lipinski definition) is 5. The monoisotopic (exact) mass is 397 g/mol. The fraction of sp³-hybridized carbons (Fsp3) is 0.333. The molecule has 1 aromatic carbocycles. The zero-order chi connectivity index (χ0) is 19.4. The zero-order valence-corrected chi connectivity index (χ0v) is 15.5. The molecule has 2 aromatic heterocycles. The first kappa shape index (κ1) is 19.4. The van der Waals surface area contributed by atoms with Gasteiger partial charge in [-0.25, -0.2) is 14.1 Å². The molecule has 144 valence electrons. The molecule has 0 aliphatic heterocycles. The Morgan fingerprint density at radius 2 is 2.04 bits per heavy atom. The van der Waals surface area contributed by atoms with Crippen LogP contribution in [0.4, 0.5) is 13.2 Å². The van der Waals surface area contributed by atoms with Gasteiger partial charge in [-0.3, -0.25) is 0 Å². The summed E-state index contributed by atoms with van der Waals surface area (Å²) in [4.78, 5) is 5.41. The highest BCUT2D eigenvalue weighted by Gasteiger charge is 2.18. The van der Waals surface area contributed by atoms with Gasteiger partial charge in [-0.05, 0) is 37.4 Å². The quantitative estimate of drug-likeness (QED) is 0.552. The van der Waals surface area contributed by atoms with Crippen molar-refractivity contribution in [2.24, 2.45) is 0 Å². The van der Waals surface area contributed by atoms with Gasteiger partial charge < -0.3 is 9.47 Å². The second kappa shape index (κ2) is 8.53. The minimum absolute atomic E-state index is 0.000196. The predicted molar refractivity (Wildman–Crippen MR) is 95.4 cm³/mol. The lowest BCUT2D eigenvalue weighted by molar-refractivity contribution is -0.0499. The third-order valence-corrected chi connectivity index (χ3v) is 4.41. The number of alkyl halides is 2. The molecule has 0 saturated heterocycles. The Bertz CT molecular complexity index is 882. The summed E-state index contributed by atoms with van der Waals surface area (Å²) >= 11 is 1.55. The smallest absolute Gasteiger partial charge is 0.387 e. The van der Waals surface area contributed by atoms with Crippen LogP contribution in [0.15, 0.2) is 35.7 Å². The van der Waals surface area contributed by atoms with Crippen molar-refractivity contribution in [3.05, 3.63) is 52.2 Å². The van der Waals surface area contributed by atoms with E-state index >= 15 is 0 Å². The van der Waals surface area contributed by atoms with E-state index in [0.717, 1.165) is 10.9 Å². The van der Waals surface area contributed by atoms with Crippen molar-refractivity contribution in [3.63, 3.8) is 0 Å². The standard InChI is InChI=1S/C18H18F3N3O2S/c1-11(2)25-10-16-22-17(24(23-16)9-13-4-3-7-27-13)14-6-5-12(8-15(14)19)26-18(20)21/h3-8,11,18H,9-10H2,1-2H3. The zero-order valence-electron chi connectivity index (χ0n) is 14.7.